The summed E-state index contributed by atoms with van der Waals surface area (Å²) in [5, 5.41) is 10.4. The molecule has 154 valence electrons. The second kappa shape index (κ2) is 7.89. The fraction of sp³-hybridized carbons (Fsp3) is 0.500. The molecule has 2 saturated carbocycles. The van der Waals surface area contributed by atoms with Crippen molar-refractivity contribution in [2.45, 2.75) is 64.5 Å². The third-order valence-corrected chi connectivity index (χ3v) is 6.01. The van der Waals surface area contributed by atoms with Gasteiger partial charge >= 0.3 is 0 Å². The van der Waals surface area contributed by atoms with Crippen LogP contribution >= 0.6 is 0 Å². The minimum atomic E-state index is -0.186. The lowest BCUT2D eigenvalue weighted by Crippen LogP contribution is -2.37. The summed E-state index contributed by atoms with van der Waals surface area (Å²) in [6.45, 7) is 4.18. The monoisotopic (exact) mass is 395 g/mol. The zero-order chi connectivity index (χ0) is 20.5. The molecule has 7 heteroatoms. The minimum absolute atomic E-state index is 0.0935. The minimum Gasteiger partial charge on any atom is -0.383 e. The molecule has 2 amide bonds. The highest BCUT2D eigenvalue weighted by Crippen LogP contribution is 2.26. The van der Waals surface area contributed by atoms with Gasteiger partial charge in [-0.05, 0) is 69.1 Å². The SMILES string of the molecule is Cc1ccc(C(=O)NC2CC2)cc1-n1ncc(C(=O)NC2CCC(C)CC2)c1N. The summed E-state index contributed by atoms with van der Waals surface area (Å²) in [5.74, 6) is 0.732. The van der Waals surface area contributed by atoms with Crippen molar-refractivity contribution in [3.8, 4) is 5.69 Å². The third kappa shape index (κ3) is 4.28. The lowest BCUT2D eigenvalue weighted by molar-refractivity contribution is 0.0921. The van der Waals surface area contributed by atoms with E-state index < -0.39 is 0 Å². The van der Waals surface area contributed by atoms with Crippen LogP contribution in [0.15, 0.2) is 24.4 Å². The van der Waals surface area contributed by atoms with Gasteiger partial charge in [0.25, 0.3) is 11.8 Å². The number of aryl methyl sites for hydroxylation is 1. The van der Waals surface area contributed by atoms with E-state index >= 15 is 0 Å². The number of nitrogens with one attached hydrogen (secondary N) is 2. The van der Waals surface area contributed by atoms with E-state index in [1.165, 1.54) is 6.20 Å². The van der Waals surface area contributed by atoms with E-state index in [9.17, 15) is 9.59 Å². The summed E-state index contributed by atoms with van der Waals surface area (Å²) in [7, 11) is 0. The largest absolute Gasteiger partial charge is 0.383 e. The first kappa shape index (κ1) is 19.5. The number of benzene rings is 1. The van der Waals surface area contributed by atoms with Gasteiger partial charge in [0.2, 0.25) is 0 Å². The van der Waals surface area contributed by atoms with Crippen molar-refractivity contribution in [2.24, 2.45) is 5.92 Å². The van der Waals surface area contributed by atoms with Gasteiger partial charge in [-0.3, -0.25) is 9.59 Å². The molecule has 4 N–H and O–H groups in total. The summed E-state index contributed by atoms with van der Waals surface area (Å²) < 4.78 is 1.54. The summed E-state index contributed by atoms with van der Waals surface area (Å²) >= 11 is 0. The number of carbonyl (C=O) groups excluding carboxylic acids is 2. The van der Waals surface area contributed by atoms with Crippen molar-refractivity contribution < 1.29 is 9.59 Å². The molecule has 0 radical (unpaired) electrons. The lowest BCUT2D eigenvalue weighted by atomic mass is 9.87. The Kier molecular flexibility index (Phi) is 5.30. The van der Waals surface area contributed by atoms with Gasteiger partial charge in [-0.1, -0.05) is 13.0 Å². The number of nitrogen functional groups attached to an aromatic ring is 1. The van der Waals surface area contributed by atoms with E-state index in [0.717, 1.165) is 50.0 Å². The molecule has 0 bridgehead atoms. The molecule has 0 spiro atoms. The molecule has 2 aliphatic rings. The topological polar surface area (TPSA) is 102 Å². The number of amides is 2. The fourth-order valence-corrected chi connectivity index (χ4v) is 3.87. The average molecular weight is 396 g/mol. The van der Waals surface area contributed by atoms with Crippen molar-refractivity contribution in [2.75, 3.05) is 5.73 Å². The predicted octanol–water partition coefficient (Wildman–Crippen LogP) is 2.96. The maximum Gasteiger partial charge on any atom is 0.256 e. The first-order valence-electron chi connectivity index (χ1n) is 10.5. The smallest absolute Gasteiger partial charge is 0.256 e. The van der Waals surface area contributed by atoms with Crippen molar-refractivity contribution in [1.82, 2.24) is 20.4 Å². The molecular weight excluding hydrogens is 366 g/mol. The van der Waals surface area contributed by atoms with Gasteiger partial charge in [0.1, 0.15) is 11.4 Å². The molecule has 0 unspecified atom stereocenters. The Morgan fingerprint density at radius 3 is 2.31 bits per heavy atom. The molecule has 1 heterocycles. The van der Waals surface area contributed by atoms with Gasteiger partial charge in [-0.2, -0.15) is 5.10 Å². The molecule has 0 saturated heterocycles. The van der Waals surface area contributed by atoms with Gasteiger partial charge in [-0.25, -0.2) is 4.68 Å². The highest BCUT2D eigenvalue weighted by Gasteiger charge is 2.25. The highest BCUT2D eigenvalue weighted by molar-refractivity contribution is 5.99. The van der Waals surface area contributed by atoms with E-state index in [0.29, 0.717) is 22.9 Å². The first-order valence-corrected chi connectivity index (χ1v) is 10.5. The van der Waals surface area contributed by atoms with Gasteiger partial charge in [-0.15, -0.1) is 0 Å². The maximum absolute atomic E-state index is 12.7. The Balaban J connectivity index is 1.53. The predicted molar refractivity (Wildman–Crippen MR) is 112 cm³/mol. The van der Waals surface area contributed by atoms with E-state index in [-0.39, 0.29) is 23.7 Å². The second-order valence-corrected chi connectivity index (χ2v) is 8.53. The summed E-state index contributed by atoms with van der Waals surface area (Å²) in [6.07, 6.45) is 7.84. The van der Waals surface area contributed by atoms with Gasteiger partial charge in [0.15, 0.2) is 0 Å². The number of carbonyl (C=O) groups is 2. The Labute approximate surface area is 171 Å². The van der Waals surface area contributed by atoms with Gasteiger partial charge in [0, 0.05) is 17.6 Å². The number of nitrogens with two attached hydrogens (primary N) is 1. The standard InChI is InChI=1S/C22H29N5O2/c1-13-3-7-16(8-4-13)26-22(29)18-12-24-27(20(18)23)19-11-15(6-5-14(19)2)21(28)25-17-9-10-17/h5-6,11-13,16-17H,3-4,7-10,23H2,1-2H3,(H,25,28)(H,26,29). The summed E-state index contributed by atoms with van der Waals surface area (Å²) in [5.41, 5.74) is 8.86. The van der Waals surface area contributed by atoms with Crippen LogP contribution in [0.4, 0.5) is 5.82 Å². The molecule has 1 aromatic carbocycles. The van der Waals surface area contributed by atoms with Crippen LogP contribution in [-0.4, -0.2) is 33.7 Å². The molecule has 1 aromatic heterocycles. The van der Waals surface area contributed by atoms with E-state index in [1.807, 2.05) is 13.0 Å². The van der Waals surface area contributed by atoms with Gasteiger partial charge in [0.05, 0.1) is 11.9 Å². The molecule has 4 rings (SSSR count). The Morgan fingerprint density at radius 2 is 1.66 bits per heavy atom. The highest BCUT2D eigenvalue weighted by atomic mass is 16.2. The second-order valence-electron chi connectivity index (χ2n) is 8.53. The van der Waals surface area contributed by atoms with Crippen LogP contribution in [0, 0.1) is 12.8 Å². The Morgan fingerprint density at radius 1 is 1.03 bits per heavy atom. The van der Waals surface area contributed by atoms with Crippen molar-refractivity contribution in [3.05, 3.63) is 41.1 Å². The number of rotatable bonds is 5. The average Bonchev–Trinajstić information content (AvgIpc) is 3.43. The van der Waals surface area contributed by atoms with Gasteiger partial charge < -0.3 is 16.4 Å². The summed E-state index contributed by atoms with van der Waals surface area (Å²) in [6, 6.07) is 5.94. The van der Waals surface area contributed by atoms with Crippen LogP contribution in [0.5, 0.6) is 0 Å². The molecule has 2 fully saturated rings. The van der Waals surface area contributed by atoms with Crippen LogP contribution in [0.2, 0.25) is 0 Å². The normalized spacial score (nSPS) is 21.6. The van der Waals surface area contributed by atoms with Crippen LogP contribution in [0.1, 0.15) is 71.7 Å². The zero-order valence-corrected chi connectivity index (χ0v) is 17.1. The quantitative estimate of drug-likeness (QED) is 0.724. The zero-order valence-electron chi connectivity index (χ0n) is 17.1. The molecule has 0 atom stereocenters. The molecule has 2 aliphatic carbocycles. The number of hydrogen-bond donors (Lipinski definition) is 3. The number of anilines is 1. The Hall–Kier alpha value is -2.83. The van der Waals surface area contributed by atoms with Crippen molar-refractivity contribution >= 4 is 17.6 Å². The number of hydrogen-bond acceptors (Lipinski definition) is 4. The summed E-state index contributed by atoms with van der Waals surface area (Å²) in [4.78, 5) is 25.1. The first-order chi connectivity index (χ1) is 13.9. The van der Waals surface area contributed by atoms with E-state index in [2.05, 4.69) is 22.7 Å². The van der Waals surface area contributed by atoms with Crippen LogP contribution in [-0.2, 0) is 0 Å². The molecule has 29 heavy (non-hydrogen) atoms. The van der Waals surface area contributed by atoms with Crippen LogP contribution in [0.25, 0.3) is 5.69 Å². The number of aromatic nitrogens is 2. The fourth-order valence-electron chi connectivity index (χ4n) is 3.87. The lowest BCUT2D eigenvalue weighted by Gasteiger charge is -2.26. The number of nitrogens with zero attached hydrogens (tertiary/aromatic N) is 2. The van der Waals surface area contributed by atoms with Crippen LogP contribution < -0.4 is 16.4 Å². The molecule has 2 aromatic rings. The molecular formula is C22H29N5O2. The van der Waals surface area contributed by atoms with E-state index in [4.69, 9.17) is 5.73 Å². The van der Waals surface area contributed by atoms with Crippen LogP contribution in [0.3, 0.4) is 0 Å². The van der Waals surface area contributed by atoms with Crippen molar-refractivity contribution in [1.29, 1.82) is 0 Å². The molecule has 0 aliphatic heterocycles. The molecule has 7 nitrogen and oxygen atoms in total. The Bertz CT molecular complexity index is 923. The maximum atomic E-state index is 12.7. The third-order valence-electron chi connectivity index (χ3n) is 6.01. The van der Waals surface area contributed by atoms with Crippen molar-refractivity contribution in [3.63, 3.8) is 0 Å². The van der Waals surface area contributed by atoms with E-state index in [1.54, 1.807) is 16.8 Å².